The van der Waals surface area contributed by atoms with E-state index in [0.717, 1.165) is 39.3 Å². The molecule has 4 heteroatoms. The summed E-state index contributed by atoms with van der Waals surface area (Å²) in [5.74, 6) is -0.436. The van der Waals surface area contributed by atoms with Crippen molar-refractivity contribution in [1.82, 2.24) is 4.57 Å². The highest BCUT2D eigenvalue weighted by Crippen LogP contribution is 2.37. The van der Waals surface area contributed by atoms with E-state index < -0.39 is 0 Å². The first-order valence-electron chi connectivity index (χ1n) is 12.4. The molecule has 5 aromatic rings. The molecule has 0 radical (unpaired) electrons. The summed E-state index contributed by atoms with van der Waals surface area (Å²) < 4.78 is 7.05. The number of benzene rings is 4. The van der Waals surface area contributed by atoms with Crippen LogP contribution in [0.15, 0.2) is 121 Å². The Bertz CT molecular complexity index is 1590. The molecule has 0 aliphatic heterocycles. The van der Waals surface area contributed by atoms with E-state index in [1.807, 2.05) is 85.8 Å². The highest BCUT2D eigenvalue weighted by atomic mass is 16.5. The Labute approximate surface area is 222 Å². The monoisotopic (exact) mass is 497 g/mol. The third-order valence-electron chi connectivity index (χ3n) is 6.44. The van der Waals surface area contributed by atoms with Crippen molar-refractivity contribution in [3.8, 4) is 28.2 Å². The standard InChI is InChI=1S/C34H27NO3/c1-24-13-15-26(16-14-24)32(36)22-19-29-23-31(25-9-5-3-6-10-25)35(33(29)27-11-7-4-8-12-27)30-20-17-28(18-21-30)34(37)38-2/h3-23H,1-2H3/b22-19+. The van der Waals surface area contributed by atoms with Crippen LogP contribution in [0, 0.1) is 6.92 Å². The molecule has 0 aliphatic carbocycles. The SMILES string of the molecule is COC(=O)c1ccc(-n2c(-c3ccccc3)cc(/C=C/C(=O)c3ccc(C)cc3)c2-c2ccccc2)cc1. The summed E-state index contributed by atoms with van der Waals surface area (Å²) in [4.78, 5) is 25.1. The fourth-order valence-electron chi connectivity index (χ4n) is 4.48. The summed E-state index contributed by atoms with van der Waals surface area (Å²) in [7, 11) is 1.37. The number of hydrogen-bond donors (Lipinski definition) is 0. The van der Waals surface area contributed by atoms with E-state index >= 15 is 0 Å². The summed E-state index contributed by atoms with van der Waals surface area (Å²) in [5.41, 5.74) is 8.00. The Morgan fingerprint density at radius 1 is 0.711 bits per heavy atom. The van der Waals surface area contributed by atoms with E-state index in [1.54, 1.807) is 18.2 Å². The molecule has 0 spiro atoms. The van der Waals surface area contributed by atoms with Gasteiger partial charge in [0.2, 0.25) is 0 Å². The quantitative estimate of drug-likeness (QED) is 0.131. The van der Waals surface area contributed by atoms with Crippen LogP contribution in [0.25, 0.3) is 34.3 Å². The maximum atomic E-state index is 13.0. The number of carbonyl (C=O) groups excluding carboxylic acids is 2. The van der Waals surface area contributed by atoms with Crippen molar-refractivity contribution in [2.24, 2.45) is 0 Å². The lowest BCUT2D eigenvalue weighted by Crippen LogP contribution is -2.03. The van der Waals surface area contributed by atoms with Crippen LogP contribution >= 0.6 is 0 Å². The van der Waals surface area contributed by atoms with Crippen LogP contribution in [0.2, 0.25) is 0 Å². The lowest BCUT2D eigenvalue weighted by molar-refractivity contribution is 0.0600. The summed E-state index contributed by atoms with van der Waals surface area (Å²) in [6.07, 6.45) is 3.52. The van der Waals surface area contributed by atoms with E-state index in [0.29, 0.717) is 11.1 Å². The van der Waals surface area contributed by atoms with Gasteiger partial charge in [0.25, 0.3) is 0 Å². The Morgan fingerprint density at radius 3 is 1.89 bits per heavy atom. The number of carbonyl (C=O) groups is 2. The molecule has 1 heterocycles. The topological polar surface area (TPSA) is 48.3 Å². The minimum atomic E-state index is -0.381. The number of methoxy groups -OCH3 is 1. The first-order valence-corrected chi connectivity index (χ1v) is 12.4. The second-order valence-electron chi connectivity index (χ2n) is 9.00. The predicted octanol–water partition coefficient (Wildman–Crippen LogP) is 7.80. The molecule has 0 atom stereocenters. The first kappa shape index (κ1) is 24.7. The van der Waals surface area contributed by atoms with Crippen molar-refractivity contribution in [3.05, 3.63) is 144 Å². The van der Waals surface area contributed by atoms with E-state index in [2.05, 4.69) is 34.9 Å². The van der Waals surface area contributed by atoms with E-state index in [-0.39, 0.29) is 11.8 Å². The molecular weight excluding hydrogens is 470 g/mol. The largest absolute Gasteiger partial charge is 0.465 e. The molecule has 5 rings (SSSR count). The third-order valence-corrected chi connectivity index (χ3v) is 6.44. The van der Waals surface area contributed by atoms with Crippen LogP contribution in [0.4, 0.5) is 0 Å². The van der Waals surface area contributed by atoms with Crippen LogP contribution in [-0.4, -0.2) is 23.4 Å². The second kappa shape index (κ2) is 11.0. The number of hydrogen-bond acceptors (Lipinski definition) is 3. The molecule has 38 heavy (non-hydrogen) atoms. The van der Waals surface area contributed by atoms with Crippen LogP contribution in [0.1, 0.15) is 31.8 Å². The van der Waals surface area contributed by atoms with Crippen LogP contribution < -0.4 is 0 Å². The number of esters is 1. The molecule has 4 aromatic carbocycles. The Hall–Kier alpha value is -4.96. The fraction of sp³-hybridized carbons (Fsp3) is 0.0588. The van der Waals surface area contributed by atoms with Crippen molar-refractivity contribution >= 4 is 17.8 Å². The minimum Gasteiger partial charge on any atom is -0.465 e. The Morgan fingerprint density at radius 2 is 1.29 bits per heavy atom. The minimum absolute atomic E-state index is 0.0551. The van der Waals surface area contributed by atoms with Gasteiger partial charge >= 0.3 is 5.97 Å². The molecule has 0 amide bonds. The van der Waals surface area contributed by atoms with Gasteiger partial charge in [0.15, 0.2) is 5.78 Å². The van der Waals surface area contributed by atoms with Crippen molar-refractivity contribution in [2.45, 2.75) is 6.92 Å². The van der Waals surface area contributed by atoms with Gasteiger partial charge in [0, 0.05) is 16.8 Å². The number of aromatic nitrogens is 1. The smallest absolute Gasteiger partial charge is 0.337 e. The van der Waals surface area contributed by atoms with Gasteiger partial charge in [-0.1, -0.05) is 90.5 Å². The van der Waals surface area contributed by atoms with Crippen molar-refractivity contribution < 1.29 is 14.3 Å². The van der Waals surface area contributed by atoms with Gasteiger partial charge < -0.3 is 9.30 Å². The zero-order chi connectivity index (χ0) is 26.5. The summed E-state index contributed by atoms with van der Waals surface area (Å²) >= 11 is 0. The molecule has 0 saturated carbocycles. The first-order chi connectivity index (χ1) is 18.5. The second-order valence-corrected chi connectivity index (χ2v) is 9.00. The van der Waals surface area contributed by atoms with Gasteiger partial charge in [0.05, 0.1) is 24.1 Å². The van der Waals surface area contributed by atoms with Gasteiger partial charge in [-0.15, -0.1) is 0 Å². The zero-order valence-electron chi connectivity index (χ0n) is 21.3. The maximum Gasteiger partial charge on any atom is 0.337 e. The van der Waals surface area contributed by atoms with Crippen molar-refractivity contribution in [3.63, 3.8) is 0 Å². The van der Waals surface area contributed by atoms with Crippen molar-refractivity contribution in [2.75, 3.05) is 7.11 Å². The van der Waals surface area contributed by atoms with E-state index in [1.165, 1.54) is 7.11 Å². The normalized spacial score (nSPS) is 11.0. The number of allylic oxidation sites excluding steroid dienone is 1. The number of ether oxygens (including phenoxy) is 1. The van der Waals surface area contributed by atoms with Gasteiger partial charge in [-0.3, -0.25) is 4.79 Å². The average Bonchev–Trinajstić information content (AvgIpc) is 3.36. The van der Waals surface area contributed by atoms with E-state index in [9.17, 15) is 9.59 Å². The van der Waals surface area contributed by atoms with Crippen LogP contribution in [0.3, 0.4) is 0 Å². The van der Waals surface area contributed by atoms with E-state index in [4.69, 9.17) is 4.74 Å². The Balaban J connectivity index is 1.70. The predicted molar refractivity (Wildman–Crippen MR) is 153 cm³/mol. The van der Waals surface area contributed by atoms with Crippen molar-refractivity contribution in [1.29, 1.82) is 0 Å². The van der Waals surface area contributed by atoms with Gasteiger partial charge in [-0.25, -0.2) is 4.79 Å². The number of aryl methyl sites for hydroxylation is 1. The molecule has 4 nitrogen and oxygen atoms in total. The molecule has 1 aromatic heterocycles. The lowest BCUT2D eigenvalue weighted by Gasteiger charge is -2.15. The highest BCUT2D eigenvalue weighted by molar-refractivity contribution is 6.07. The molecule has 0 unspecified atom stereocenters. The fourth-order valence-corrected chi connectivity index (χ4v) is 4.48. The zero-order valence-corrected chi connectivity index (χ0v) is 21.3. The van der Waals surface area contributed by atoms with Gasteiger partial charge in [0.1, 0.15) is 0 Å². The van der Waals surface area contributed by atoms with Crippen LogP contribution in [0.5, 0.6) is 0 Å². The molecule has 186 valence electrons. The van der Waals surface area contributed by atoms with Gasteiger partial charge in [-0.05, 0) is 60.5 Å². The van der Waals surface area contributed by atoms with Gasteiger partial charge in [-0.2, -0.15) is 0 Å². The molecule has 0 saturated heterocycles. The number of nitrogens with zero attached hydrogens (tertiary/aromatic N) is 1. The molecule has 0 fully saturated rings. The molecule has 0 aliphatic rings. The average molecular weight is 498 g/mol. The summed E-state index contributed by atoms with van der Waals surface area (Å²) in [5, 5.41) is 0. The summed E-state index contributed by atoms with van der Waals surface area (Å²) in [6.45, 7) is 2.00. The lowest BCUT2D eigenvalue weighted by atomic mass is 10.0. The number of ketones is 1. The summed E-state index contributed by atoms with van der Waals surface area (Å²) in [6, 6.07) is 37.3. The van der Waals surface area contributed by atoms with Crippen LogP contribution in [-0.2, 0) is 4.74 Å². The number of rotatable bonds is 7. The molecular formula is C34H27NO3. The molecule has 0 N–H and O–H groups in total. The Kier molecular flexibility index (Phi) is 7.14. The third kappa shape index (κ3) is 5.11. The molecule has 0 bridgehead atoms. The maximum absolute atomic E-state index is 13.0. The highest BCUT2D eigenvalue weighted by Gasteiger charge is 2.19.